The summed E-state index contributed by atoms with van der Waals surface area (Å²) in [5.41, 5.74) is 2.24. The van der Waals surface area contributed by atoms with E-state index >= 15 is 0 Å². The predicted molar refractivity (Wildman–Crippen MR) is 112 cm³/mol. The van der Waals surface area contributed by atoms with E-state index in [1.807, 2.05) is 35.8 Å². The van der Waals surface area contributed by atoms with Crippen molar-refractivity contribution in [1.29, 1.82) is 0 Å². The monoisotopic (exact) mass is 401 g/mol. The van der Waals surface area contributed by atoms with E-state index < -0.39 is 6.10 Å². The lowest BCUT2D eigenvalue weighted by molar-refractivity contribution is -0.138. The molecule has 6 heteroatoms. The van der Waals surface area contributed by atoms with Gasteiger partial charge in [-0.2, -0.15) is 11.8 Å². The molecule has 1 aliphatic carbocycles. The van der Waals surface area contributed by atoms with E-state index in [0.29, 0.717) is 17.4 Å². The van der Waals surface area contributed by atoms with Crippen LogP contribution in [0.25, 0.3) is 11.0 Å². The molecule has 5 nitrogen and oxygen atoms in total. The molecule has 1 fully saturated rings. The number of fused-ring (bicyclic) bond motifs is 3. The Labute approximate surface area is 169 Å². The molecular weight excluding hydrogens is 374 g/mol. The molecule has 2 aromatic rings. The number of carbonyl (C=O) groups is 1. The largest absolute Gasteiger partial charge is 0.481 e. The van der Waals surface area contributed by atoms with E-state index in [9.17, 15) is 9.59 Å². The first kappa shape index (κ1) is 19.4. The molecule has 150 valence electrons. The smallest absolute Gasteiger partial charge is 0.339 e. The lowest BCUT2D eigenvalue weighted by Gasteiger charge is -2.32. The maximum atomic E-state index is 12.8. The number of ether oxygens (including phenoxy) is 1. The second kappa shape index (κ2) is 8.19. The van der Waals surface area contributed by atoms with Crippen LogP contribution in [0, 0.1) is 0 Å². The molecule has 0 spiro atoms. The summed E-state index contributed by atoms with van der Waals surface area (Å²) in [6.45, 7) is 1.78. The fourth-order valence-electron chi connectivity index (χ4n) is 4.29. The Morgan fingerprint density at radius 3 is 2.68 bits per heavy atom. The minimum Gasteiger partial charge on any atom is -0.481 e. The zero-order valence-electron chi connectivity index (χ0n) is 16.5. The van der Waals surface area contributed by atoms with Crippen molar-refractivity contribution in [2.24, 2.45) is 0 Å². The molecule has 0 saturated carbocycles. The van der Waals surface area contributed by atoms with Gasteiger partial charge in [-0.3, -0.25) is 4.79 Å². The third kappa shape index (κ3) is 3.79. The van der Waals surface area contributed by atoms with Crippen LogP contribution in [0.5, 0.6) is 5.75 Å². The Morgan fingerprint density at radius 2 is 1.93 bits per heavy atom. The molecule has 0 N–H and O–H groups in total. The molecule has 1 aromatic carbocycles. The van der Waals surface area contributed by atoms with E-state index in [1.54, 1.807) is 13.0 Å². The first-order valence-corrected chi connectivity index (χ1v) is 11.3. The highest BCUT2D eigenvalue weighted by Crippen LogP contribution is 2.29. The lowest BCUT2D eigenvalue weighted by Crippen LogP contribution is -2.45. The van der Waals surface area contributed by atoms with E-state index in [-0.39, 0.29) is 11.5 Å². The van der Waals surface area contributed by atoms with Crippen molar-refractivity contribution in [3.63, 3.8) is 0 Å². The number of amides is 1. The van der Waals surface area contributed by atoms with Crippen molar-refractivity contribution >= 4 is 28.6 Å². The third-order valence-electron chi connectivity index (χ3n) is 5.94. The molecule has 1 aromatic heterocycles. The van der Waals surface area contributed by atoms with Gasteiger partial charge in [-0.1, -0.05) is 0 Å². The number of likely N-dealkylation sites (N-methyl/N-ethyl adjacent to an activating group) is 1. The van der Waals surface area contributed by atoms with Crippen molar-refractivity contribution in [1.82, 2.24) is 4.90 Å². The van der Waals surface area contributed by atoms with Crippen LogP contribution in [-0.4, -0.2) is 41.5 Å². The van der Waals surface area contributed by atoms with Crippen molar-refractivity contribution < 1.29 is 13.9 Å². The maximum absolute atomic E-state index is 12.8. The highest BCUT2D eigenvalue weighted by atomic mass is 32.2. The number of rotatable bonds is 4. The summed E-state index contributed by atoms with van der Waals surface area (Å²) in [5.74, 6) is 2.75. The van der Waals surface area contributed by atoms with Gasteiger partial charge in [0, 0.05) is 30.1 Å². The second-order valence-electron chi connectivity index (χ2n) is 7.76. The number of aryl methyl sites for hydroxylation is 1. The van der Waals surface area contributed by atoms with Crippen LogP contribution in [-0.2, 0) is 17.6 Å². The van der Waals surface area contributed by atoms with Crippen LogP contribution in [0.3, 0.4) is 0 Å². The number of benzene rings is 1. The van der Waals surface area contributed by atoms with Crippen LogP contribution in [0.1, 0.15) is 43.7 Å². The zero-order chi connectivity index (χ0) is 19.7. The Morgan fingerprint density at radius 1 is 1.21 bits per heavy atom. The van der Waals surface area contributed by atoms with Crippen LogP contribution >= 0.6 is 11.8 Å². The molecule has 1 amide bonds. The van der Waals surface area contributed by atoms with E-state index in [4.69, 9.17) is 9.15 Å². The zero-order valence-corrected chi connectivity index (χ0v) is 17.3. The Hall–Kier alpha value is -1.95. The molecule has 1 unspecified atom stereocenters. The number of hydrogen-bond donors (Lipinski definition) is 0. The molecule has 1 atom stereocenters. The minimum atomic E-state index is -0.582. The van der Waals surface area contributed by atoms with Crippen LogP contribution in [0.15, 0.2) is 27.4 Å². The lowest BCUT2D eigenvalue weighted by atomic mass is 9.91. The SMILES string of the molecule is CC(Oc1ccc2c3c(c(=O)oc2c1)CCCC3)C(=O)N(C)C1CCSCC1. The van der Waals surface area contributed by atoms with Gasteiger partial charge in [0.25, 0.3) is 5.91 Å². The highest BCUT2D eigenvalue weighted by Gasteiger charge is 2.27. The highest BCUT2D eigenvalue weighted by molar-refractivity contribution is 7.99. The van der Waals surface area contributed by atoms with Gasteiger partial charge in [-0.25, -0.2) is 4.79 Å². The summed E-state index contributed by atoms with van der Waals surface area (Å²) in [7, 11) is 1.87. The van der Waals surface area contributed by atoms with E-state index in [2.05, 4.69) is 0 Å². The fourth-order valence-corrected chi connectivity index (χ4v) is 5.37. The molecule has 4 rings (SSSR count). The number of hydrogen-bond acceptors (Lipinski definition) is 5. The Kier molecular flexibility index (Phi) is 5.67. The summed E-state index contributed by atoms with van der Waals surface area (Å²) in [6.07, 6.45) is 5.33. The van der Waals surface area contributed by atoms with Crippen LogP contribution in [0.4, 0.5) is 0 Å². The molecular formula is C22H27NO4S. The van der Waals surface area contributed by atoms with Gasteiger partial charge in [0.15, 0.2) is 6.10 Å². The molecule has 2 heterocycles. The van der Waals surface area contributed by atoms with Crippen molar-refractivity contribution in [2.45, 2.75) is 57.6 Å². The summed E-state index contributed by atoms with van der Waals surface area (Å²) in [5, 5.41) is 0.984. The normalized spacial score (nSPS) is 18.5. The van der Waals surface area contributed by atoms with Crippen molar-refractivity contribution in [3.8, 4) is 5.75 Å². The Balaban J connectivity index is 1.52. The van der Waals surface area contributed by atoms with Gasteiger partial charge in [0.05, 0.1) is 0 Å². The quantitative estimate of drug-likeness (QED) is 0.730. The van der Waals surface area contributed by atoms with Gasteiger partial charge in [-0.15, -0.1) is 0 Å². The van der Waals surface area contributed by atoms with Crippen LogP contribution < -0.4 is 10.4 Å². The summed E-state index contributed by atoms with van der Waals surface area (Å²) in [4.78, 5) is 26.9. The second-order valence-corrected chi connectivity index (χ2v) is 8.99. The number of nitrogens with zero attached hydrogens (tertiary/aromatic N) is 1. The van der Waals surface area contributed by atoms with Gasteiger partial charge in [-0.05, 0) is 74.7 Å². The summed E-state index contributed by atoms with van der Waals surface area (Å²) in [6, 6.07) is 5.86. The molecule has 0 radical (unpaired) electrons. The Bertz CT molecular complexity index is 932. The molecule has 1 saturated heterocycles. The average Bonchev–Trinajstić information content (AvgIpc) is 2.73. The van der Waals surface area contributed by atoms with Gasteiger partial charge in [0.2, 0.25) is 0 Å². The molecule has 1 aliphatic heterocycles. The van der Waals surface area contributed by atoms with Gasteiger partial charge < -0.3 is 14.1 Å². The minimum absolute atomic E-state index is 0.0103. The van der Waals surface area contributed by atoms with E-state index in [0.717, 1.165) is 66.5 Å². The fraction of sp³-hybridized carbons (Fsp3) is 0.545. The first-order valence-electron chi connectivity index (χ1n) is 10.1. The van der Waals surface area contributed by atoms with Gasteiger partial charge in [0.1, 0.15) is 11.3 Å². The van der Waals surface area contributed by atoms with E-state index in [1.165, 1.54) is 0 Å². The molecule has 28 heavy (non-hydrogen) atoms. The average molecular weight is 402 g/mol. The van der Waals surface area contributed by atoms with Crippen molar-refractivity contribution in [2.75, 3.05) is 18.6 Å². The topological polar surface area (TPSA) is 59.8 Å². The number of carbonyl (C=O) groups excluding carboxylic acids is 1. The molecule has 2 aliphatic rings. The summed E-state index contributed by atoms with van der Waals surface area (Å²) < 4.78 is 11.5. The van der Waals surface area contributed by atoms with Crippen molar-refractivity contribution in [3.05, 3.63) is 39.7 Å². The van der Waals surface area contributed by atoms with Crippen LogP contribution in [0.2, 0.25) is 0 Å². The molecule has 0 bridgehead atoms. The predicted octanol–water partition coefficient (Wildman–Crippen LogP) is 3.79. The van der Waals surface area contributed by atoms with Gasteiger partial charge >= 0.3 is 5.63 Å². The number of thioether (sulfide) groups is 1. The first-order chi connectivity index (χ1) is 13.5. The maximum Gasteiger partial charge on any atom is 0.339 e. The third-order valence-corrected chi connectivity index (χ3v) is 6.99. The standard InChI is InChI=1S/C22H27NO4S/c1-14(21(24)23(2)15-9-11-28-12-10-15)26-16-7-8-18-17-5-3-4-6-19(17)22(25)27-20(18)13-16/h7-8,13-15H,3-6,9-12H2,1-2H3. The summed E-state index contributed by atoms with van der Waals surface area (Å²) >= 11 is 1.95.